The molecule has 0 aromatic heterocycles. The van der Waals surface area contributed by atoms with E-state index in [1.54, 1.807) is 12.1 Å². The molecule has 2 aromatic carbocycles. The van der Waals surface area contributed by atoms with Gasteiger partial charge in [-0.05, 0) is 61.7 Å². The second-order valence-corrected chi connectivity index (χ2v) is 7.89. The van der Waals surface area contributed by atoms with E-state index in [4.69, 9.17) is 9.47 Å². The van der Waals surface area contributed by atoms with Crippen LogP contribution in [0.2, 0.25) is 0 Å². The van der Waals surface area contributed by atoms with Crippen molar-refractivity contribution in [2.75, 3.05) is 25.1 Å². The van der Waals surface area contributed by atoms with Crippen molar-refractivity contribution in [2.45, 2.75) is 32.7 Å². The number of hydrogen-bond acceptors (Lipinski definition) is 4. The summed E-state index contributed by atoms with van der Waals surface area (Å²) >= 11 is 3.18. The Hall–Kier alpha value is -2.81. The van der Waals surface area contributed by atoms with E-state index in [9.17, 15) is 19.1 Å². The summed E-state index contributed by atoms with van der Waals surface area (Å²) in [4.78, 5) is 26.0. The quantitative estimate of drug-likeness (QED) is 0.565. The number of carboxylic acid groups (broad SMARTS) is 1. The molecule has 0 saturated heterocycles. The molecule has 2 amide bonds. The van der Waals surface area contributed by atoms with Gasteiger partial charge in [-0.25, -0.2) is 9.18 Å². The number of hydrogen-bond donors (Lipinski definition) is 2. The summed E-state index contributed by atoms with van der Waals surface area (Å²) in [6, 6.07) is 6.62. The van der Waals surface area contributed by atoms with Crippen LogP contribution in [-0.4, -0.2) is 41.8 Å². The van der Waals surface area contributed by atoms with Crippen molar-refractivity contribution in [1.29, 1.82) is 0 Å². The molecular weight excluding hydrogens is 471 g/mol. The van der Waals surface area contributed by atoms with E-state index in [0.717, 1.165) is 5.56 Å². The topological polar surface area (TPSA) is 88.1 Å². The third kappa shape index (κ3) is 5.28. The number of rotatable bonds is 7. The molecule has 7 nitrogen and oxygen atoms in total. The monoisotopic (exact) mass is 494 g/mol. The van der Waals surface area contributed by atoms with Crippen molar-refractivity contribution in [3.05, 3.63) is 51.7 Å². The van der Waals surface area contributed by atoms with Gasteiger partial charge in [-0.1, -0.05) is 15.9 Å². The molecule has 1 atom stereocenters. The molecule has 1 heterocycles. The highest BCUT2D eigenvalue weighted by atomic mass is 79.9. The van der Waals surface area contributed by atoms with Crippen LogP contribution >= 0.6 is 15.9 Å². The Morgan fingerprint density at radius 1 is 1.19 bits per heavy atom. The lowest BCUT2D eigenvalue weighted by molar-refractivity contribution is -0.138. The Morgan fingerprint density at radius 3 is 2.48 bits per heavy atom. The predicted molar refractivity (Wildman–Crippen MR) is 117 cm³/mol. The SMILES string of the molecule is CCOc1cc2c(cc1OCC)[C@@H](CC(=O)O)N(C(=O)Nc1ccc(Br)cc1F)CC2. The minimum absolute atomic E-state index is 0.0229. The van der Waals surface area contributed by atoms with Gasteiger partial charge in [0.1, 0.15) is 5.82 Å². The molecule has 0 saturated carbocycles. The fourth-order valence-corrected chi connectivity index (χ4v) is 3.99. The molecule has 3 rings (SSSR count). The van der Waals surface area contributed by atoms with Gasteiger partial charge in [0, 0.05) is 11.0 Å². The van der Waals surface area contributed by atoms with Crippen molar-refractivity contribution in [3.63, 3.8) is 0 Å². The van der Waals surface area contributed by atoms with Gasteiger partial charge in [0.15, 0.2) is 11.5 Å². The van der Waals surface area contributed by atoms with Gasteiger partial charge in [-0.15, -0.1) is 0 Å². The predicted octanol–water partition coefficient (Wildman–Crippen LogP) is 4.99. The number of nitrogens with one attached hydrogen (secondary N) is 1. The van der Waals surface area contributed by atoms with E-state index in [1.165, 1.54) is 17.0 Å². The van der Waals surface area contributed by atoms with Gasteiger partial charge >= 0.3 is 12.0 Å². The molecule has 166 valence electrons. The molecule has 0 radical (unpaired) electrons. The maximum Gasteiger partial charge on any atom is 0.322 e. The molecule has 0 unspecified atom stereocenters. The maximum absolute atomic E-state index is 14.2. The van der Waals surface area contributed by atoms with Crippen molar-refractivity contribution < 1.29 is 28.6 Å². The van der Waals surface area contributed by atoms with Crippen LogP contribution in [0.3, 0.4) is 0 Å². The van der Waals surface area contributed by atoms with E-state index in [1.807, 2.05) is 19.9 Å². The number of anilines is 1. The summed E-state index contributed by atoms with van der Waals surface area (Å²) in [6.45, 7) is 4.88. The van der Waals surface area contributed by atoms with Crippen molar-refractivity contribution in [3.8, 4) is 11.5 Å². The fraction of sp³-hybridized carbons (Fsp3) is 0.364. The molecule has 31 heavy (non-hydrogen) atoms. The van der Waals surface area contributed by atoms with E-state index >= 15 is 0 Å². The number of benzene rings is 2. The molecule has 2 aromatic rings. The van der Waals surface area contributed by atoms with E-state index in [2.05, 4.69) is 21.2 Å². The minimum Gasteiger partial charge on any atom is -0.490 e. The molecule has 0 bridgehead atoms. The summed E-state index contributed by atoms with van der Waals surface area (Å²) in [7, 11) is 0. The highest BCUT2D eigenvalue weighted by Crippen LogP contribution is 2.40. The number of amides is 2. The minimum atomic E-state index is -1.04. The zero-order chi connectivity index (χ0) is 22.5. The van der Waals surface area contributed by atoms with Gasteiger partial charge in [0.25, 0.3) is 0 Å². The highest BCUT2D eigenvalue weighted by molar-refractivity contribution is 9.10. The second kappa shape index (κ2) is 10.00. The third-order valence-corrected chi connectivity index (χ3v) is 5.46. The van der Waals surface area contributed by atoms with Crippen LogP contribution in [0.15, 0.2) is 34.8 Å². The van der Waals surface area contributed by atoms with Crippen molar-refractivity contribution >= 4 is 33.6 Å². The Kier molecular flexibility index (Phi) is 7.37. The number of aliphatic carboxylic acids is 1. The number of fused-ring (bicyclic) bond motifs is 1. The first kappa shape index (κ1) is 22.9. The Labute approximate surface area is 188 Å². The average Bonchev–Trinajstić information content (AvgIpc) is 2.71. The Bertz CT molecular complexity index is 985. The average molecular weight is 495 g/mol. The largest absolute Gasteiger partial charge is 0.490 e. The van der Waals surface area contributed by atoms with Crippen LogP contribution in [0, 0.1) is 5.82 Å². The van der Waals surface area contributed by atoms with Crippen LogP contribution in [0.1, 0.15) is 37.4 Å². The van der Waals surface area contributed by atoms with Gasteiger partial charge < -0.3 is 24.8 Å². The first-order valence-corrected chi connectivity index (χ1v) is 10.8. The van der Waals surface area contributed by atoms with Crippen LogP contribution < -0.4 is 14.8 Å². The summed E-state index contributed by atoms with van der Waals surface area (Å²) < 4.78 is 26.1. The number of halogens is 2. The number of urea groups is 1. The number of ether oxygens (including phenoxy) is 2. The smallest absolute Gasteiger partial charge is 0.322 e. The molecule has 0 aliphatic carbocycles. The Balaban J connectivity index is 1.95. The second-order valence-electron chi connectivity index (χ2n) is 6.98. The van der Waals surface area contributed by atoms with Gasteiger partial charge in [-0.2, -0.15) is 0 Å². The first-order valence-electron chi connectivity index (χ1n) is 10.0. The number of nitrogens with zero attached hydrogens (tertiary/aromatic N) is 1. The summed E-state index contributed by atoms with van der Waals surface area (Å²) in [5, 5.41) is 12.0. The zero-order valence-corrected chi connectivity index (χ0v) is 18.9. The zero-order valence-electron chi connectivity index (χ0n) is 17.3. The normalized spacial score (nSPS) is 15.2. The molecule has 1 aliphatic heterocycles. The van der Waals surface area contributed by atoms with Crippen molar-refractivity contribution in [1.82, 2.24) is 4.90 Å². The number of carboxylic acids is 1. The lowest BCUT2D eigenvalue weighted by Gasteiger charge is -2.37. The van der Waals surface area contributed by atoms with E-state index < -0.39 is 23.9 Å². The summed E-state index contributed by atoms with van der Waals surface area (Å²) in [6.07, 6.45) is 0.219. The first-order chi connectivity index (χ1) is 14.8. The van der Waals surface area contributed by atoms with Gasteiger partial charge in [0.2, 0.25) is 0 Å². The molecule has 2 N–H and O–H groups in total. The van der Waals surface area contributed by atoms with Gasteiger partial charge in [0.05, 0.1) is 31.4 Å². The highest BCUT2D eigenvalue weighted by Gasteiger charge is 2.34. The molecule has 0 fully saturated rings. The third-order valence-electron chi connectivity index (χ3n) is 4.96. The molecule has 9 heteroatoms. The summed E-state index contributed by atoms with van der Waals surface area (Å²) in [5.41, 5.74) is 1.61. The molecular formula is C22H24BrFN2O5. The fourth-order valence-electron chi connectivity index (χ4n) is 3.65. The lowest BCUT2D eigenvalue weighted by atomic mass is 9.90. The van der Waals surface area contributed by atoms with Crippen LogP contribution in [0.25, 0.3) is 0 Å². The summed E-state index contributed by atoms with van der Waals surface area (Å²) in [5.74, 6) is -0.543. The number of carbonyl (C=O) groups excluding carboxylic acids is 1. The van der Waals surface area contributed by atoms with Crippen molar-refractivity contribution in [2.24, 2.45) is 0 Å². The molecule has 0 spiro atoms. The standard InChI is InChI=1S/C22H24BrFN2O5/c1-3-30-19-9-13-7-8-26(22(29)25-17-6-5-14(23)10-16(17)24)18(12-21(27)28)15(13)11-20(19)31-4-2/h5-6,9-11,18H,3-4,7-8,12H2,1-2H3,(H,25,29)(H,27,28)/t18-/m1/s1. The van der Waals surface area contributed by atoms with Gasteiger partial charge in [-0.3, -0.25) is 4.79 Å². The molecule has 1 aliphatic rings. The maximum atomic E-state index is 14.2. The van der Waals surface area contributed by atoms with Crippen LogP contribution in [-0.2, 0) is 11.2 Å². The van der Waals surface area contributed by atoms with Crippen LogP contribution in [0.5, 0.6) is 11.5 Å². The Morgan fingerprint density at radius 2 is 1.87 bits per heavy atom. The lowest BCUT2D eigenvalue weighted by Crippen LogP contribution is -2.43. The van der Waals surface area contributed by atoms with E-state index in [-0.39, 0.29) is 18.7 Å². The number of carbonyl (C=O) groups is 2. The van der Waals surface area contributed by atoms with E-state index in [0.29, 0.717) is 41.2 Å². The van der Waals surface area contributed by atoms with Crippen LogP contribution in [0.4, 0.5) is 14.9 Å².